The number of hydrogen-bond donors (Lipinski definition) is 2. The monoisotopic (exact) mass is 407 g/mol. The number of methoxy groups -OCH3 is 1. The zero-order valence-corrected chi connectivity index (χ0v) is 17.4. The van der Waals surface area contributed by atoms with Crippen LogP contribution in [0.25, 0.3) is 0 Å². The zero-order valence-electron chi connectivity index (χ0n) is 17.4. The summed E-state index contributed by atoms with van der Waals surface area (Å²) in [6, 6.07) is 13.8. The molecule has 1 atom stereocenters. The van der Waals surface area contributed by atoms with Crippen molar-refractivity contribution in [2.24, 2.45) is 0 Å². The van der Waals surface area contributed by atoms with E-state index in [1.807, 2.05) is 24.3 Å². The summed E-state index contributed by atoms with van der Waals surface area (Å²) < 4.78 is 5.29. The molecule has 2 aliphatic heterocycles. The molecule has 6 nitrogen and oxygen atoms in total. The van der Waals surface area contributed by atoms with Gasteiger partial charge in [-0.1, -0.05) is 18.6 Å². The molecule has 30 heavy (non-hydrogen) atoms. The standard InChI is InChI=1S/C24H29N3O3/c1-30-20-9-5-17(6-10-20)22(27-13-3-2-4-14-27)16-25-24(29)19-7-11-21-18(15-19)8-12-23(28)26-21/h5-7,9-11,15,22H,2-4,8,12-14,16H2,1H3,(H,25,29)(H,26,28). The van der Waals surface area contributed by atoms with E-state index >= 15 is 0 Å². The molecule has 2 N–H and O–H groups in total. The average molecular weight is 408 g/mol. The van der Waals surface area contributed by atoms with Crippen LogP contribution in [0.1, 0.15) is 53.2 Å². The topological polar surface area (TPSA) is 70.7 Å². The maximum Gasteiger partial charge on any atom is 0.251 e. The van der Waals surface area contributed by atoms with Crippen molar-refractivity contribution in [3.63, 3.8) is 0 Å². The Kier molecular flexibility index (Phi) is 6.33. The number of nitrogens with zero attached hydrogens (tertiary/aromatic N) is 1. The number of likely N-dealkylation sites (tertiary alicyclic amines) is 1. The third-order valence-electron chi connectivity index (χ3n) is 6.05. The van der Waals surface area contributed by atoms with Gasteiger partial charge in [-0.15, -0.1) is 0 Å². The molecule has 2 aromatic carbocycles. The molecule has 2 aliphatic rings. The molecular weight excluding hydrogens is 378 g/mol. The average Bonchev–Trinajstić information content (AvgIpc) is 2.80. The molecule has 1 saturated heterocycles. The van der Waals surface area contributed by atoms with Crippen LogP contribution in [0.2, 0.25) is 0 Å². The molecular formula is C24H29N3O3. The van der Waals surface area contributed by atoms with Crippen molar-refractivity contribution in [1.29, 1.82) is 0 Å². The fourth-order valence-corrected chi connectivity index (χ4v) is 4.33. The maximum atomic E-state index is 12.9. The predicted molar refractivity (Wildman–Crippen MR) is 117 cm³/mol. The number of amides is 2. The fraction of sp³-hybridized carbons (Fsp3) is 0.417. The zero-order chi connectivity index (χ0) is 20.9. The van der Waals surface area contributed by atoms with Crippen LogP contribution in [-0.4, -0.2) is 43.5 Å². The Morgan fingerprint density at radius 3 is 2.60 bits per heavy atom. The lowest BCUT2D eigenvalue weighted by molar-refractivity contribution is -0.116. The highest BCUT2D eigenvalue weighted by atomic mass is 16.5. The van der Waals surface area contributed by atoms with Gasteiger partial charge in [-0.3, -0.25) is 14.5 Å². The van der Waals surface area contributed by atoms with Crippen LogP contribution in [-0.2, 0) is 11.2 Å². The number of carbonyl (C=O) groups excluding carboxylic acids is 2. The number of ether oxygens (including phenoxy) is 1. The third kappa shape index (κ3) is 4.65. The molecule has 0 aromatic heterocycles. The van der Waals surface area contributed by atoms with Gasteiger partial charge in [0, 0.05) is 24.2 Å². The number of hydrogen-bond acceptors (Lipinski definition) is 4. The van der Waals surface area contributed by atoms with E-state index in [2.05, 4.69) is 27.7 Å². The number of carbonyl (C=O) groups is 2. The Morgan fingerprint density at radius 1 is 1.10 bits per heavy atom. The number of anilines is 1. The Balaban J connectivity index is 1.47. The highest BCUT2D eigenvalue weighted by Gasteiger charge is 2.24. The summed E-state index contributed by atoms with van der Waals surface area (Å²) in [6.45, 7) is 2.65. The van der Waals surface area contributed by atoms with E-state index < -0.39 is 0 Å². The first-order valence-corrected chi connectivity index (χ1v) is 10.7. The number of nitrogens with one attached hydrogen (secondary N) is 2. The van der Waals surface area contributed by atoms with Gasteiger partial charge in [-0.05, 0) is 73.8 Å². The first kappa shape index (κ1) is 20.4. The summed E-state index contributed by atoms with van der Waals surface area (Å²) in [5.41, 5.74) is 3.65. The molecule has 2 amide bonds. The van der Waals surface area contributed by atoms with Crippen molar-refractivity contribution in [3.05, 3.63) is 59.2 Å². The minimum Gasteiger partial charge on any atom is -0.497 e. The Labute approximate surface area is 177 Å². The van der Waals surface area contributed by atoms with E-state index in [1.165, 1.54) is 24.8 Å². The van der Waals surface area contributed by atoms with Gasteiger partial charge in [-0.25, -0.2) is 0 Å². The molecule has 4 rings (SSSR count). The van der Waals surface area contributed by atoms with E-state index in [-0.39, 0.29) is 17.9 Å². The lowest BCUT2D eigenvalue weighted by Gasteiger charge is -2.35. The van der Waals surface area contributed by atoms with Gasteiger partial charge in [0.1, 0.15) is 5.75 Å². The second-order valence-corrected chi connectivity index (χ2v) is 8.02. The first-order valence-electron chi connectivity index (χ1n) is 10.7. The normalized spacial score (nSPS) is 17.6. The van der Waals surface area contributed by atoms with Crippen molar-refractivity contribution < 1.29 is 14.3 Å². The second-order valence-electron chi connectivity index (χ2n) is 8.02. The van der Waals surface area contributed by atoms with Crippen LogP contribution in [0, 0.1) is 0 Å². The van der Waals surface area contributed by atoms with Crippen molar-refractivity contribution in [3.8, 4) is 5.75 Å². The van der Waals surface area contributed by atoms with Crippen LogP contribution in [0.5, 0.6) is 5.75 Å². The Morgan fingerprint density at radius 2 is 1.87 bits per heavy atom. The summed E-state index contributed by atoms with van der Waals surface area (Å²) in [4.78, 5) is 26.9. The quantitative estimate of drug-likeness (QED) is 0.769. The summed E-state index contributed by atoms with van der Waals surface area (Å²) in [5.74, 6) is 0.787. The fourth-order valence-electron chi connectivity index (χ4n) is 4.33. The number of benzene rings is 2. The first-order chi connectivity index (χ1) is 14.6. The number of aryl methyl sites for hydroxylation is 1. The van der Waals surface area contributed by atoms with Crippen LogP contribution in [0.15, 0.2) is 42.5 Å². The van der Waals surface area contributed by atoms with E-state index in [9.17, 15) is 9.59 Å². The summed E-state index contributed by atoms with van der Waals surface area (Å²) >= 11 is 0. The molecule has 2 aromatic rings. The van der Waals surface area contributed by atoms with E-state index in [0.29, 0.717) is 24.9 Å². The highest BCUT2D eigenvalue weighted by Crippen LogP contribution is 2.27. The van der Waals surface area contributed by atoms with Crippen molar-refractivity contribution in [1.82, 2.24) is 10.2 Å². The summed E-state index contributed by atoms with van der Waals surface area (Å²) in [7, 11) is 1.67. The molecule has 0 aliphatic carbocycles. The second kappa shape index (κ2) is 9.30. The van der Waals surface area contributed by atoms with Gasteiger partial charge in [-0.2, -0.15) is 0 Å². The highest BCUT2D eigenvalue weighted by molar-refractivity contribution is 5.97. The molecule has 1 fully saturated rings. The Bertz CT molecular complexity index is 904. The molecule has 0 bridgehead atoms. The number of fused-ring (bicyclic) bond motifs is 1. The lowest BCUT2D eigenvalue weighted by atomic mass is 9.99. The van der Waals surface area contributed by atoms with Gasteiger partial charge in [0.25, 0.3) is 5.91 Å². The maximum absolute atomic E-state index is 12.9. The van der Waals surface area contributed by atoms with E-state index in [1.54, 1.807) is 13.2 Å². The minimum absolute atomic E-state index is 0.0311. The number of rotatable bonds is 6. The predicted octanol–water partition coefficient (Wildman–Crippen LogP) is 3.54. The molecule has 158 valence electrons. The van der Waals surface area contributed by atoms with E-state index in [4.69, 9.17) is 4.74 Å². The summed E-state index contributed by atoms with van der Waals surface area (Å²) in [5, 5.41) is 6.00. The van der Waals surface area contributed by atoms with Gasteiger partial charge in [0.15, 0.2) is 0 Å². The molecule has 6 heteroatoms. The summed E-state index contributed by atoms with van der Waals surface area (Å²) in [6.07, 6.45) is 4.79. The van der Waals surface area contributed by atoms with Gasteiger partial charge in [0.2, 0.25) is 5.91 Å². The van der Waals surface area contributed by atoms with Crippen LogP contribution >= 0.6 is 0 Å². The van der Waals surface area contributed by atoms with Gasteiger partial charge < -0.3 is 15.4 Å². The molecule has 0 saturated carbocycles. The van der Waals surface area contributed by atoms with Crippen molar-refractivity contribution in [2.75, 3.05) is 32.1 Å². The largest absolute Gasteiger partial charge is 0.497 e. The van der Waals surface area contributed by atoms with Gasteiger partial charge in [0.05, 0.1) is 13.2 Å². The van der Waals surface area contributed by atoms with E-state index in [0.717, 1.165) is 30.1 Å². The minimum atomic E-state index is -0.0785. The number of piperidine rings is 1. The molecule has 2 heterocycles. The molecule has 0 spiro atoms. The molecule has 0 radical (unpaired) electrons. The smallest absolute Gasteiger partial charge is 0.251 e. The van der Waals surface area contributed by atoms with Crippen LogP contribution in [0.4, 0.5) is 5.69 Å². The van der Waals surface area contributed by atoms with Crippen molar-refractivity contribution >= 4 is 17.5 Å². The van der Waals surface area contributed by atoms with Crippen molar-refractivity contribution in [2.45, 2.75) is 38.1 Å². The Hall–Kier alpha value is -2.86. The van der Waals surface area contributed by atoms with Gasteiger partial charge >= 0.3 is 0 Å². The van der Waals surface area contributed by atoms with Crippen LogP contribution < -0.4 is 15.4 Å². The SMILES string of the molecule is COc1ccc(C(CNC(=O)c2ccc3c(c2)CCC(=O)N3)N2CCCCC2)cc1. The van der Waals surface area contributed by atoms with Crippen LogP contribution in [0.3, 0.4) is 0 Å². The lowest BCUT2D eigenvalue weighted by Crippen LogP contribution is -2.40. The molecule has 1 unspecified atom stereocenters. The third-order valence-corrected chi connectivity index (χ3v) is 6.05.